The second-order valence-corrected chi connectivity index (χ2v) is 17.4. The van der Waals surface area contributed by atoms with Crippen LogP contribution in [-0.4, -0.2) is 9.97 Å². The molecule has 5 aliphatic rings. The van der Waals surface area contributed by atoms with Gasteiger partial charge in [-0.05, 0) is 99.5 Å². The smallest absolute Gasteiger partial charge is 0.0927 e. The van der Waals surface area contributed by atoms with Gasteiger partial charge in [0.2, 0.25) is 0 Å². The minimum atomic E-state index is -0.117. The number of allylic oxidation sites excluding steroid dienone is 8. The molecule has 1 heterocycles. The lowest BCUT2D eigenvalue weighted by atomic mass is 9.67. The van der Waals surface area contributed by atoms with E-state index >= 15 is 0 Å². The molecular formula is C55H48N2. The average molecular weight is 737 g/mol. The standard InChI is InChI=1S/C55H48N2/c1-54(2)46-30-18-28-41(49(46)44-35-48-43(34-47(44)54)42-27-13-14-29-45(42)55(48)31-15-6-16-32-55)39-25-17-26-40(33-39)53-52(38-23-11-5-12-24-38)56-50(36-19-7-3-8-20-36)51(57-53)37-21-9-4-10-22-37/h3-5,7-14,17-21,23,25-30,33-35,37-38H,6,15-16,22,24,31-32H2,1-2H3. The van der Waals surface area contributed by atoms with Crippen molar-refractivity contribution in [2.45, 2.75) is 81.5 Å². The number of benzene rings is 5. The van der Waals surface area contributed by atoms with Crippen molar-refractivity contribution in [3.05, 3.63) is 191 Å². The highest BCUT2D eigenvalue weighted by molar-refractivity contribution is 5.96. The summed E-state index contributed by atoms with van der Waals surface area (Å²) in [5.41, 5.74) is 20.5. The van der Waals surface area contributed by atoms with Gasteiger partial charge in [0.05, 0.1) is 22.8 Å². The van der Waals surface area contributed by atoms with Gasteiger partial charge >= 0.3 is 0 Å². The average Bonchev–Trinajstić information content (AvgIpc) is 3.67. The van der Waals surface area contributed by atoms with E-state index in [1.165, 1.54) is 76.6 Å². The van der Waals surface area contributed by atoms with Crippen LogP contribution in [0, 0.1) is 0 Å². The van der Waals surface area contributed by atoms with E-state index in [-0.39, 0.29) is 22.7 Å². The molecule has 0 radical (unpaired) electrons. The van der Waals surface area contributed by atoms with Crippen LogP contribution in [0.4, 0.5) is 0 Å². The molecule has 0 saturated heterocycles. The Labute approximate surface area is 337 Å². The van der Waals surface area contributed by atoms with Crippen LogP contribution in [0.15, 0.2) is 158 Å². The van der Waals surface area contributed by atoms with Crippen LogP contribution >= 0.6 is 0 Å². The maximum absolute atomic E-state index is 5.69. The van der Waals surface area contributed by atoms with Gasteiger partial charge in [-0.15, -0.1) is 0 Å². The molecular weight excluding hydrogens is 689 g/mol. The minimum Gasteiger partial charge on any atom is -0.248 e. The predicted octanol–water partition coefficient (Wildman–Crippen LogP) is 14.2. The van der Waals surface area contributed by atoms with Gasteiger partial charge in [-0.3, -0.25) is 0 Å². The van der Waals surface area contributed by atoms with Crippen molar-refractivity contribution in [3.8, 4) is 55.9 Å². The molecule has 1 saturated carbocycles. The summed E-state index contributed by atoms with van der Waals surface area (Å²) in [6.07, 6.45) is 26.0. The summed E-state index contributed by atoms with van der Waals surface area (Å²) in [6.45, 7) is 4.86. The van der Waals surface area contributed by atoms with Crippen LogP contribution in [-0.2, 0) is 10.8 Å². The van der Waals surface area contributed by atoms with Gasteiger partial charge in [-0.1, -0.05) is 173 Å². The van der Waals surface area contributed by atoms with Gasteiger partial charge in [0.15, 0.2) is 0 Å². The molecule has 1 aromatic heterocycles. The quantitative estimate of drug-likeness (QED) is 0.176. The van der Waals surface area contributed by atoms with E-state index in [1.54, 1.807) is 11.1 Å². The number of hydrogen-bond donors (Lipinski definition) is 0. The molecule has 11 rings (SSSR count). The summed E-state index contributed by atoms with van der Waals surface area (Å²) in [5.74, 6) is 0.304. The SMILES string of the molecule is CC1(C)c2cc3c(cc2-c2c(-c4cccc(-c5nc(C6C=CC=CC6)c(-c6ccccc6)nc5C5C=CC=CC5)c4)cccc21)C1(CCCCC1)c1ccccc1-3. The summed E-state index contributed by atoms with van der Waals surface area (Å²) in [5, 5.41) is 0. The highest BCUT2D eigenvalue weighted by Crippen LogP contribution is 2.60. The Bertz CT molecular complexity index is 2700. The fourth-order valence-corrected chi connectivity index (χ4v) is 11.1. The number of aromatic nitrogens is 2. The van der Waals surface area contributed by atoms with Gasteiger partial charge < -0.3 is 0 Å². The monoisotopic (exact) mass is 736 g/mol. The third-order valence-corrected chi connectivity index (χ3v) is 13.9. The van der Waals surface area contributed by atoms with E-state index < -0.39 is 0 Å². The molecule has 2 atom stereocenters. The van der Waals surface area contributed by atoms with Crippen LogP contribution < -0.4 is 0 Å². The zero-order valence-electron chi connectivity index (χ0n) is 33.0. The topological polar surface area (TPSA) is 25.8 Å². The van der Waals surface area contributed by atoms with Crippen molar-refractivity contribution in [1.82, 2.24) is 9.97 Å². The summed E-state index contributed by atoms with van der Waals surface area (Å²) in [6, 6.07) is 41.4. The number of rotatable bonds is 5. The third-order valence-electron chi connectivity index (χ3n) is 13.9. The highest BCUT2D eigenvalue weighted by Gasteiger charge is 2.46. The first-order chi connectivity index (χ1) is 28.0. The predicted molar refractivity (Wildman–Crippen MR) is 236 cm³/mol. The second kappa shape index (κ2) is 13.4. The lowest BCUT2D eigenvalue weighted by Gasteiger charge is -2.36. The molecule has 0 N–H and O–H groups in total. The fraction of sp³-hybridized carbons (Fsp3) is 0.236. The molecule has 0 bridgehead atoms. The van der Waals surface area contributed by atoms with Crippen molar-refractivity contribution in [3.63, 3.8) is 0 Å². The van der Waals surface area contributed by atoms with Gasteiger partial charge in [0.1, 0.15) is 0 Å². The zero-order valence-corrected chi connectivity index (χ0v) is 33.0. The molecule has 1 spiro atoms. The summed E-state index contributed by atoms with van der Waals surface area (Å²) < 4.78 is 0. The van der Waals surface area contributed by atoms with Crippen LogP contribution in [0.25, 0.3) is 55.9 Å². The van der Waals surface area contributed by atoms with Crippen molar-refractivity contribution >= 4 is 0 Å². The fourth-order valence-electron chi connectivity index (χ4n) is 11.1. The zero-order chi connectivity index (χ0) is 38.1. The summed E-state index contributed by atoms with van der Waals surface area (Å²) in [4.78, 5) is 11.3. The molecule has 5 aromatic carbocycles. The van der Waals surface area contributed by atoms with Gasteiger partial charge in [-0.2, -0.15) is 0 Å². The van der Waals surface area contributed by atoms with E-state index in [4.69, 9.17) is 9.97 Å². The first-order valence-electron chi connectivity index (χ1n) is 21.2. The van der Waals surface area contributed by atoms with Gasteiger partial charge in [-0.25, -0.2) is 9.97 Å². The lowest BCUT2D eigenvalue weighted by Crippen LogP contribution is -2.28. The van der Waals surface area contributed by atoms with Crippen LogP contribution in [0.3, 0.4) is 0 Å². The van der Waals surface area contributed by atoms with Gasteiger partial charge in [0.25, 0.3) is 0 Å². The van der Waals surface area contributed by atoms with Crippen molar-refractivity contribution in [2.75, 3.05) is 0 Å². The van der Waals surface area contributed by atoms with Gasteiger partial charge in [0, 0.05) is 33.8 Å². The highest BCUT2D eigenvalue weighted by atomic mass is 14.9. The Kier molecular flexibility index (Phi) is 8.07. The molecule has 0 aliphatic heterocycles. The summed E-state index contributed by atoms with van der Waals surface area (Å²) in [7, 11) is 0. The lowest BCUT2D eigenvalue weighted by molar-refractivity contribution is 0.353. The molecule has 6 aromatic rings. The van der Waals surface area contributed by atoms with E-state index in [0.717, 1.165) is 46.7 Å². The first-order valence-corrected chi connectivity index (χ1v) is 21.2. The molecule has 2 unspecified atom stereocenters. The molecule has 57 heavy (non-hydrogen) atoms. The van der Waals surface area contributed by atoms with Crippen molar-refractivity contribution < 1.29 is 0 Å². The molecule has 2 nitrogen and oxygen atoms in total. The molecule has 278 valence electrons. The Morgan fingerprint density at radius 2 is 1.07 bits per heavy atom. The van der Waals surface area contributed by atoms with E-state index in [2.05, 4.69) is 172 Å². The maximum atomic E-state index is 5.69. The van der Waals surface area contributed by atoms with Crippen LogP contribution in [0.1, 0.15) is 104 Å². The van der Waals surface area contributed by atoms with E-state index in [1.807, 2.05) is 0 Å². The number of nitrogens with zero attached hydrogens (tertiary/aromatic N) is 2. The van der Waals surface area contributed by atoms with E-state index in [0.29, 0.717) is 0 Å². The molecule has 2 heteroatoms. The Balaban J connectivity index is 1.09. The Morgan fingerprint density at radius 1 is 0.474 bits per heavy atom. The van der Waals surface area contributed by atoms with Crippen LogP contribution in [0.2, 0.25) is 0 Å². The van der Waals surface area contributed by atoms with Crippen molar-refractivity contribution in [1.29, 1.82) is 0 Å². The third kappa shape index (κ3) is 5.37. The number of fused-ring (bicyclic) bond motifs is 8. The maximum Gasteiger partial charge on any atom is 0.0927 e. The Hall–Kier alpha value is -5.86. The molecule has 1 fully saturated rings. The first kappa shape index (κ1) is 34.4. The molecule has 5 aliphatic carbocycles. The molecule has 0 amide bonds. The number of hydrogen-bond acceptors (Lipinski definition) is 2. The second-order valence-electron chi connectivity index (χ2n) is 17.4. The Morgan fingerprint density at radius 3 is 1.79 bits per heavy atom. The van der Waals surface area contributed by atoms with Crippen LogP contribution in [0.5, 0.6) is 0 Å². The van der Waals surface area contributed by atoms with Crippen molar-refractivity contribution in [2.24, 2.45) is 0 Å². The minimum absolute atomic E-state index is 0.117. The van der Waals surface area contributed by atoms with E-state index in [9.17, 15) is 0 Å². The normalized spacial score (nSPS) is 20.3. The largest absolute Gasteiger partial charge is 0.248 e. The summed E-state index contributed by atoms with van der Waals surface area (Å²) >= 11 is 0.